The van der Waals surface area contributed by atoms with Crippen LogP contribution >= 0.6 is 11.6 Å². The number of esters is 2. The molecule has 2 saturated heterocycles. The maximum atomic E-state index is 13.6. The molecule has 2 fully saturated rings. The number of halogens is 1. The number of ether oxygens (including phenoxy) is 8. The van der Waals surface area contributed by atoms with Crippen molar-refractivity contribution in [3.63, 3.8) is 0 Å². The SMILES string of the molecule is COC(=O)C[C@](O)(CC(C)C)C(=O)OC1[C@@H](OC)C=C2c3cc4c(cc3CCN3CCC[C@@]213)OCO4.COC1=C[C@]23CCCN2CCc2cc4c(cc2[C@@H]3C1Cl)OCO4. The highest BCUT2D eigenvalue weighted by atomic mass is 35.5. The molecule has 0 amide bonds. The van der Waals surface area contributed by atoms with Gasteiger partial charge in [0, 0.05) is 26.1 Å². The lowest BCUT2D eigenvalue weighted by atomic mass is 9.78. The van der Waals surface area contributed by atoms with Gasteiger partial charge in [0.05, 0.1) is 37.1 Å². The van der Waals surface area contributed by atoms with E-state index in [1.165, 1.54) is 24.7 Å². The third-order valence-electron chi connectivity index (χ3n) is 13.9. The number of hydrogen-bond donors (Lipinski definition) is 1. The van der Waals surface area contributed by atoms with Crippen LogP contribution in [0.3, 0.4) is 0 Å². The Kier molecular flexibility index (Phi) is 10.6. The molecule has 318 valence electrons. The predicted octanol–water partition coefficient (Wildman–Crippen LogP) is 5.51. The van der Waals surface area contributed by atoms with E-state index in [1.807, 2.05) is 32.1 Å². The van der Waals surface area contributed by atoms with Gasteiger partial charge in [-0.2, -0.15) is 0 Å². The molecule has 2 aliphatic carbocycles. The van der Waals surface area contributed by atoms with E-state index in [0.29, 0.717) is 12.5 Å². The quantitative estimate of drug-likeness (QED) is 0.265. The molecule has 0 radical (unpaired) electrons. The first-order valence-electron chi connectivity index (χ1n) is 21.0. The number of hydrogen-bond acceptors (Lipinski definition) is 13. The van der Waals surface area contributed by atoms with Crippen molar-refractivity contribution < 1.29 is 52.6 Å². The van der Waals surface area contributed by atoms with Gasteiger partial charge >= 0.3 is 11.9 Å². The summed E-state index contributed by atoms with van der Waals surface area (Å²) in [5.74, 6) is 2.76. The molecule has 0 saturated carbocycles. The largest absolute Gasteiger partial charge is 0.500 e. The Hall–Kier alpha value is -4.01. The zero-order valence-electron chi connectivity index (χ0n) is 34.6. The lowest BCUT2D eigenvalue weighted by molar-refractivity contribution is -0.187. The van der Waals surface area contributed by atoms with Gasteiger partial charge < -0.3 is 43.0 Å². The summed E-state index contributed by atoms with van der Waals surface area (Å²) in [4.78, 5) is 30.7. The smallest absolute Gasteiger partial charge is 0.339 e. The van der Waals surface area contributed by atoms with Gasteiger partial charge in [-0.15, -0.1) is 11.6 Å². The van der Waals surface area contributed by atoms with Crippen LogP contribution in [0.25, 0.3) is 5.57 Å². The Morgan fingerprint density at radius 1 is 0.898 bits per heavy atom. The second-order valence-electron chi connectivity index (χ2n) is 17.5. The second-order valence-corrected chi connectivity index (χ2v) is 18.0. The van der Waals surface area contributed by atoms with Crippen LogP contribution in [-0.2, 0) is 41.4 Å². The Balaban J connectivity index is 0.000000167. The molecule has 14 heteroatoms. The monoisotopic (exact) mass is 834 g/mol. The van der Waals surface area contributed by atoms with Crippen molar-refractivity contribution in [1.82, 2.24) is 9.80 Å². The fourth-order valence-corrected chi connectivity index (χ4v) is 11.9. The highest BCUT2D eigenvalue weighted by Crippen LogP contribution is 2.57. The molecule has 8 aliphatic rings. The van der Waals surface area contributed by atoms with Crippen LogP contribution in [0.4, 0.5) is 0 Å². The summed E-state index contributed by atoms with van der Waals surface area (Å²) in [5, 5.41) is 11.2. The molecule has 2 unspecified atom stereocenters. The standard InChI is InChI=1S/C27H35NO8.C18H20ClNO3/c1-16(2)13-26(31,14-23(29)33-4)25(30)36-24-22(32-3)12-19-18-11-21-20(34-15-35-21)10-17(18)6-9-28-8-5-7-27(19,24)28;1-21-15-9-18-4-2-5-20(18)6-3-11-7-13-14(23-10-22-13)8-12(11)16(18)17(15)19/h10-12,16,22,24,31H,5-9,13-15H2,1-4H3;7-9,16-17H,2-6,10H2,1H3/t22-,24?,26+,27+;16-,17?,18+/m01/s1. The summed E-state index contributed by atoms with van der Waals surface area (Å²) in [6.07, 6.45) is 8.70. The molecule has 6 aliphatic heterocycles. The number of allylic oxidation sites excluding steroid dienone is 1. The summed E-state index contributed by atoms with van der Waals surface area (Å²) >= 11 is 6.87. The molecule has 2 spiro atoms. The number of aliphatic hydroxyl groups is 1. The van der Waals surface area contributed by atoms with Crippen molar-refractivity contribution in [2.75, 3.05) is 61.1 Å². The van der Waals surface area contributed by atoms with E-state index in [2.05, 4.69) is 28.0 Å². The Morgan fingerprint density at radius 2 is 1.54 bits per heavy atom. The van der Waals surface area contributed by atoms with Crippen molar-refractivity contribution in [2.24, 2.45) is 5.92 Å². The van der Waals surface area contributed by atoms with E-state index in [4.69, 9.17) is 49.5 Å². The number of nitrogens with zero attached hydrogens (tertiary/aromatic N) is 2. The minimum atomic E-state index is -1.99. The van der Waals surface area contributed by atoms with Crippen molar-refractivity contribution >= 4 is 29.1 Å². The molecule has 6 heterocycles. The highest BCUT2D eigenvalue weighted by molar-refractivity contribution is 6.23. The molecule has 59 heavy (non-hydrogen) atoms. The third-order valence-corrected chi connectivity index (χ3v) is 14.4. The zero-order chi connectivity index (χ0) is 41.3. The number of alkyl halides is 1. The van der Waals surface area contributed by atoms with Crippen LogP contribution in [0.15, 0.2) is 42.2 Å². The maximum Gasteiger partial charge on any atom is 0.339 e. The minimum Gasteiger partial charge on any atom is -0.500 e. The summed E-state index contributed by atoms with van der Waals surface area (Å²) in [6, 6.07) is 8.39. The minimum absolute atomic E-state index is 0.00327. The van der Waals surface area contributed by atoms with Crippen molar-refractivity contribution in [1.29, 1.82) is 0 Å². The van der Waals surface area contributed by atoms with Crippen LogP contribution in [0.2, 0.25) is 0 Å². The Morgan fingerprint density at radius 3 is 2.24 bits per heavy atom. The summed E-state index contributed by atoms with van der Waals surface area (Å²) in [7, 11) is 4.56. The first-order valence-corrected chi connectivity index (χ1v) is 21.4. The van der Waals surface area contributed by atoms with Crippen molar-refractivity contribution in [3.05, 3.63) is 64.4 Å². The molecule has 2 aromatic carbocycles. The van der Waals surface area contributed by atoms with Gasteiger partial charge in [-0.3, -0.25) is 14.6 Å². The normalized spacial score (nSPS) is 30.5. The first-order chi connectivity index (χ1) is 28.4. The van der Waals surface area contributed by atoms with Gasteiger partial charge in [-0.05, 0) is 128 Å². The topological polar surface area (TPSA) is 135 Å². The van der Waals surface area contributed by atoms with Crippen LogP contribution < -0.4 is 18.9 Å². The van der Waals surface area contributed by atoms with E-state index in [-0.39, 0.29) is 36.0 Å². The molecular weight excluding hydrogens is 780 g/mol. The average molecular weight is 835 g/mol. The Labute approximate surface area is 350 Å². The number of fused-ring (bicyclic) bond motifs is 6. The number of methoxy groups -OCH3 is 3. The van der Waals surface area contributed by atoms with Gasteiger partial charge in [-0.1, -0.05) is 13.8 Å². The van der Waals surface area contributed by atoms with Crippen LogP contribution in [-0.4, -0.2) is 122 Å². The molecule has 0 bridgehead atoms. The molecule has 2 aromatic rings. The van der Waals surface area contributed by atoms with Gasteiger partial charge in [0.25, 0.3) is 0 Å². The maximum absolute atomic E-state index is 13.6. The summed E-state index contributed by atoms with van der Waals surface area (Å²) in [5.41, 5.74) is 3.31. The van der Waals surface area contributed by atoms with E-state index >= 15 is 0 Å². The molecular formula is C45H55ClN2O11. The number of carbonyl (C=O) groups excluding carboxylic acids is 2. The number of carbonyl (C=O) groups is 2. The van der Waals surface area contributed by atoms with Gasteiger partial charge in [0.2, 0.25) is 13.6 Å². The van der Waals surface area contributed by atoms with Crippen molar-refractivity contribution in [3.8, 4) is 23.0 Å². The lowest BCUT2D eigenvalue weighted by Crippen LogP contribution is -2.57. The molecule has 0 aromatic heterocycles. The number of rotatable bonds is 8. The van der Waals surface area contributed by atoms with Gasteiger partial charge in [0.15, 0.2) is 34.7 Å². The van der Waals surface area contributed by atoms with E-state index in [1.54, 1.807) is 14.2 Å². The van der Waals surface area contributed by atoms with Crippen LogP contribution in [0.1, 0.15) is 80.5 Å². The zero-order valence-corrected chi connectivity index (χ0v) is 35.3. The van der Waals surface area contributed by atoms with Crippen LogP contribution in [0.5, 0.6) is 23.0 Å². The fraction of sp³-hybridized carbons (Fsp3) is 0.600. The summed E-state index contributed by atoms with van der Waals surface area (Å²) in [6.45, 7) is 8.11. The van der Waals surface area contributed by atoms with E-state index in [9.17, 15) is 14.7 Å². The lowest BCUT2D eigenvalue weighted by Gasteiger charge is -2.43. The highest BCUT2D eigenvalue weighted by Gasteiger charge is 2.61. The van der Waals surface area contributed by atoms with Gasteiger partial charge in [0.1, 0.15) is 11.9 Å². The average Bonchev–Trinajstić information content (AvgIpc) is 4.08. The van der Waals surface area contributed by atoms with E-state index in [0.717, 1.165) is 98.0 Å². The third kappa shape index (κ3) is 6.57. The van der Waals surface area contributed by atoms with Crippen LogP contribution in [0, 0.1) is 5.92 Å². The first kappa shape index (κ1) is 40.4. The molecule has 10 rings (SSSR count). The number of benzene rings is 2. The predicted molar refractivity (Wildman–Crippen MR) is 217 cm³/mol. The fourth-order valence-electron chi connectivity index (χ4n) is 11.4. The summed E-state index contributed by atoms with van der Waals surface area (Å²) < 4.78 is 44.9. The second kappa shape index (κ2) is 15.5. The molecule has 7 atom stereocenters. The van der Waals surface area contributed by atoms with Crippen molar-refractivity contribution in [2.45, 2.75) is 105 Å². The Bertz CT molecular complexity index is 2070. The van der Waals surface area contributed by atoms with E-state index < -0.39 is 41.7 Å². The molecule has 13 nitrogen and oxygen atoms in total. The van der Waals surface area contributed by atoms with Gasteiger partial charge in [-0.25, -0.2) is 4.79 Å². The molecule has 1 N–H and O–H groups in total.